The zero-order valence-corrected chi connectivity index (χ0v) is 10.1. The Kier molecular flexibility index (Phi) is 5.86. The van der Waals surface area contributed by atoms with E-state index in [0.29, 0.717) is 12.2 Å². The molecule has 0 fully saturated rings. The van der Waals surface area contributed by atoms with Crippen LogP contribution in [0.4, 0.5) is 0 Å². The third kappa shape index (κ3) is 5.20. The van der Waals surface area contributed by atoms with Crippen LogP contribution in [-0.4, -0.2) is 17.7 Å². The van der Waals surface area contributed by atoms with E-state index in [1.165, 1.54) is 12.1 Å². The molecule has 0 aliphatic heterocycles. The van der Waals surface area contributed by atoms with E-state index in [0.717, 1.165) is 19.3 Å². The van der Waals surface area contributed by atoms with E-state index in [1.807, 2.05) is 12.2 Å². The van der Waals surface area contributed by atoms with Crippen molar-refractivity contribution in [1.29, 1.82) is 0 Å². The summed E-state index contributed by atoms with van der Waals surface area (Å²) in [5.41, 5.74) is 0.449. The summed E-state index contributed by atoms with van der Waals surface area (Å²) in [6, 6.07) is 6.01. The third-order valence-electron chi connectivity index (χ3n) is 2.30. The highest BCUT2D eigenvalue weighted by Gasteiger charge is 2.04. The van der Waals surface area contributed by atoms with Crippen LogP contribution < -0.4 is 0 Å². The van der Waals surface area contributed by atoms with Crippen molar-refractivity contribution in [1.82, 2.24) is 0 Å². The van der Waals surface area contributed by atoms with Gasteiger partial charge in [0, 0.05) is 0 Å². The van der Waals surface area contributed by atoms with Crippen LogP contribution in [0.25, 0.3) is 0 Å². The largest absolute Gasteiger partial charge is 0.508 e. The van der Waals surface area contributed by atoms with E-state index < -0.39 is 0 Å². The lowest BCUT2D eigenvalue weighted by Crippen LogP contribution is -2.04. The predicted molar refractivity (Wildman–Crippen MR) is 67.1 cm³/mol. The Morgan fingerprint density at radius 3 is 2.65 bits per heavy atom. The highest BCUT2D eigenvalue weighted by atomic mass is 16.5. The lowest BCUT2D eigenvalue weighted by Gasteiger charge is -2.01. The van der Waals surface area contributed by atoms with E-state index in [-0.39, 0.29) is 11.7 Å². The number of hydrogen-bond donors (Lipinski definition) is 1. The molecule has 0 unspecified atom stereocenters. The van der Waals surface area contributed by atoms with Gasteiger partial charge in [0.15, 0.2) is 0 Å². The summed E-state index contributed by atoms with van der Waals surface area (Å²) in [7, 11) is 0. The Balaban J connectivity index is 2.30. The SMILES string of the molecule is CCCC/C=C/COC(=O)c1ccc(O)cc1. The molecule has 17 heavy (non-hydrogen) atoms. The smallest absolute Gasteiger partial charge is 0.338 e. The standard InChI is InChI=1S/C14H18O3/c1-2-3-4-5-6-11-17-14(16)12-7-9-13(15)10-8-12/h5-10,15H,2-4,11H2,1H3/b6-5+. The fourth-order valence-electron chi connectivity index (χ4n) is 1.31. The second-order valence-electron chi connectivity index (χ2n) is 3.76. The summed E-state index contributed by atoms with van der Waals surface area (Å²) in [6.07, 6.45) is 7.22. The Bertz CT molecular complexity index is 366. The minimum Gasteiger partial charge on any atom is -0.508 e. The van der Waals surface area contributed by atoms with Gasteiger partial charge < -0.3 is 9.84 Å². The van der Waals surface area contributed by atoms with Gasteiger partial charge in [0.25, 0.3) is 0 Å². The average molecular weight is 234 g/mol. The summed E-state index contributed by atoms with van der Waals surface area (Å²) in [4.78, 5) is 11.5. The number of esters is 1. The lowest BCUT2D eigenvalue weighted by atomic mass is 10.2. The molecule has 0 atom stereocenters. The fraction of sp³-hybridized carbons (Fsp3) is 0.357. The number of unbranched alkanes of at least 4 members (excludes halogenated alkanes) is 2. The lowest BCUT2D eigenvalue weighted by molar-refractivity contribution is 0.0549. The van der Waals surface area contributed by atoms with Crippen LogP contribution >= 0.6 is 0 Å². The number of phenolic OH excluding ortho intramolecular Hbond substituents is 1. The van der Waals surface area contributed by atoms with Gasteiger partial charge in [-0.1, -0.05) is 31.9 Å². The molecule has 0 aromatic heterocycles. The van der Waals surface area contributed by atoms with E-state index in [1.54, 1.807) is 12.1 Å². The highest BCUT2D eigenvalue weighted by Crippen LogP contribution is 2.10. The van der Waals surface area contributed by atoms with Gasteiger partial charge in [0.05, 0.1) is 5.56 Å². The molecule has 0 saturated heterocycles. The summed E-state index contributed by atoms with van der Waals surface area (Å²) < 4.78 is 5.04. The molecule has 0 radical (unpaired) electrons. The molecule has 3 heteroatoms. The molecule has 0 aliphatic rings. The van der Waals surface area contributed by atoms with Crippen molar-refractivity contribution in [3.8, 4) is 5.75 Å². The number of hydrogen-bond acceptors (Lipinski definition) is 3. The molecule has 92 valence electrons. The first-order valence-corrected chi connectivity index (χ1v) is 5.85. The molecule has 0 saturated carbocycles. The number of aromatic hydroxyl groups is 1. The van der Waals surface area contributed by atoms with Crippen molar-refractivity contribution in [3.05, 3.63) is 42.0 Å². The van der Waals surface area contributed by atoms with Gasteiger partial charge in [-0.3, -0.25) is 0 Å². The number of rotatable bonds is 6. The average Bonchev–Trinajstić information content (AvgIpc) is 2.34. The molecule has 0 amide bonds. The molecule has 1 aromatic carbocycles. The van der Waals surface area contributed by atoms with Crippen molar-refractivity contribution in [2.24, 2.45) is 0 Å². The second-order valence-corrected chi connectivity index (χ2v) is 3.76. The molecule has 0 bridgehead atoms. The van der Waals surface area contributed by atoms with Crippen molar-refractivity contribution in [2.75, 3.05) is 6.61 Å². The number of benzene rings is 1. The third-order valence-corrected chi connectivity index (χ3v) is 2.30. The maximum atomic E-state index is 11.5. The van der Waals surface area contributed by atoms with E-state index in [9.17, 15) is 4.79 Å². The number of carbonyl (C=O) groups is 1. The van der Waals surface area contributed by atoms with Gasteiger partial charge in [-0.15, -0.1) is 0 Å². The Morgan fingerprint density at radius 1 is 1.29 bits per heavy atom. The number of carbonyl (C=O) groups excluding carboxylic acids is 1. The summed E-state index contributed by atoms with van der Waals surface area (Å²) in [5, 5.41) is 9.07. The Labute approximate surface area is 102 Å². The molecule has 1 rings (SSSR count). The summed E-state index contributed by atoms with van der Waals surface area (Å²) >= 11 is 0. The maximum absolute atomic E-state index is 11.5. The quantitative estimate of drug-likeness (QED) is 0.466. The predicted octanol–water partition coefficient (Wildman–Crippen LogP) is 3.30. The van der Waals surface area contributed by atoms with Gasteiger partial charge >= 0.3 is 5.97 Å². The molecule has 1 aromatic rings. The van der Waals surface area contributed by atoms with Gasteiger partial charge in [-0.05, 0) is 30.7 Å². The van der Waals surface area contributed by atoms with Crippen molar-refractivity contribution in [3.63, 3.8) is 0 Å². The highest BCUT2D eigenvalue weighted by molar-refractivity contribution is 5.89. The van der Waals surface area contributed by atoms with Crippen LogP contribution in [0.2, 0.25) is 0 Å². The Hall–Kier alpha value is -1.77. The molecular formula is C14H18O3. The number of allylic oxidation sites excluding steroid dienone is 1. The first-order chi connectivity index (χ1) is 8.24. The van der Waals surface area contributed by atoms with Gasteiger partial charge in [0.1, 0.15) is 12.4 Å². The van der Waals surface area contributed by atoms with E-state index in [4.69, 9.17) is 9.84 Å². The summed E-state index contributed by atoms with van der Waals surface area (Å²) in [5.74, 6) is -0.230. The van der Waals surface area contributed by atoms with Crippen LogP contribution in [0.5, 0.6) is 5.75 Å². The van der Waals surface area contributed by atoms with Gasteiger partial charge in [-0.25, -0.2) is 4.79 Å². The minimum atomic E-state index is -0.370. The molecule has 0 aliphatic carbocycles. The van der Waals surface area contributed by atoms with Crippen molar-refractivity contribution in [2.45, 2.75) is 26.2 Å². The normalized spacial score (nSPS) is 10.6. The zero-order chi connectivity index (χ0) is 12.5. The Morgan fingerprint density at radius 2 is 2.00 bits per heavy atom. The van der Waals surface area contributed by atoms with Gasteiger partial charge in [0.2, 0.25) is 0 Å². The van der Waals surface area contributed by atoms with Crippen LogP contribution in [-0.2, 0) is 4.74 Å². The van der Waals surface area contributed by atoms with Gasteiger partial charge in [-0.2, -0.15) is 0 Å². The van der Waals surface area contributed by atoms with E-state index in [2.05, 4.69) is 6.92 Å². The molecule has 3 nitrogen and oxygen atoms in total. The van der Waals surface area contributed by atoms with Crippen LogP contribution in [0.3, 0.4) is 0 Å². The minimum absolute atomic E-state index is 0.140. The van der Waals surface area contributed by atoms with Crippen LogP contribution in [0.1, 0.15) is 36.5 Å². The molecular weight excluding hydrogens is 216 g/mol. The van der Waals surface area contributed by atoms with Crippen LogP contribution in [0.15, 0.2) is 36.4 Å². The topological polar surface area (TPSA) is 46.5 Å². The molecule has 0 heterocycles. The monoisotopic (exact) mass is 234 g/mol. The first-order valence-electron chi connectivity index (χ1n) is 5.85. The molecule has 0 spiro atoms. The van der Waals surface area contributed by atoms with Crippen molar-refractivity contribution < 1.29 is 14.6 Å². The number of phenols is 1. The second kappa shape index (κ2) is 7.49. The summed E-state index contributed by atoms with van der Waals surface area (Å²) in [6.45, 7) is 2.43. The maximum Gasteiger partial charge on any atom is 0.338 e. The first kappa shape index (κ1) is 13.3. The zero-order valence-electron chi connectivity index (χ0n) is 10.1. The molecule has 1 N–H and O–H groups in total. The van der Waals surface area contributed by atoms with Crippen LogP contribution in [0, 0.1) is 0 Å². The number of ether oxygens (including phenoxy) is 1. The fourth-order valence-corrected chi connectivity index (χ4v) is 1.31. The van der Waals surface area contributed by atoms with E-state index >= 15 is 0 Å². The van der Waals surface area contributed by atoms with Crippen molar-refractivity contribution >= 4 is 5.97 Å².